The third kappa shape index (κ3) is 5.26. The first-order valence-electron chi connectivity index (χ1n) is 10.0. The summed E-state index contributed by atoms with van der Waals surface area (Å²) < 4.78 is 27.7. The second-order valence-corrected chi connectivity index (χ2v) is 7.45. The molecule has 1 N–H and O–H groups in total. The Morgan fingerprint density at radius 3 is 2.25 bits per heavy atom. The minimum absolute atomic E-state index is 0.449. The molecular formula is C24H28N2O5S. The average Bonchev–Trinajstić information content (AvgIpc) is 3.31. The van der Waals surface area contributed by atoms with Gasteiger partial charge in [-0.3, -0.25) is 0 Å². The Balaban J connectivity index is 1.93. The van der Waals surface area contributed by atoms with E-state index in [2.05, 4.69) is 5.32 Å². The number of thiocarbonyl (C=S) groups is 1. The van der Waals surface area contributed by atoms with Gasteiger partial charge in [0, 0.05) is 12.1 Å². The number of furan rings is 1. The lowest BCUT2D eigenvalue weighted by Gasteiger charge is -2.27. The predicted octanol–water partition coefficient (Wildman–Crippen LogP) is 5.02. The number of hydrogen-bond donors (Lipinski definition) is 1. The molecule has 0 aliphatic heterocycles. The molecule has 8 heteroatoms. The Morgan fingerprint density at radius 2 is 1.62 bits per heavy atom. The Hall–Kier alpha value is -3.39. The van der Waals surface area contributed by atoms with Crippen molar-refractivity contribution in [1.82, 2.24) is 4.90 Å². The molecule has 3 aromatic rings. The monoisotopic (exact) mass is 456 g/mol. The first-order chi connectivity index (χ1) is 15.5. The standard InChI is InChI=1S/C24H28N2O5S/c1-16-8-10-20(27-2)19(13-16)25-24(32)26(15-18-7-6-12-31-18)14-17-9-11-21(28-3)23(30-5)22(17)29-4/h6-13H,14-15H2,1-5H3,(H,25,32). The van der Waals surface area contributed by atoms with Crippen molar-refractivity contribution >= 4 is 23.0 Å². The van der Waals surface area contributed by atoms with Crippen LogP contribution in [0.1, 0.15) is 16.9 Å². The van der Waals surface area contributed by atoms with E-state index in [1.807, 2.05) is 54.3 Å². The molecule has 32 heavy (non-hydrogen) atoms. The van der Waals surface area contributed by atoms with Gasteiger partial charge in [-0.1, -0.05) is 6.07 Å². The van der Waals surface area contributed by atoms with E-state index in [9.17, 15) is 0 Å². The van der Waals surface area contributed by atoms with Crippen LogP contribution in [0.15, 0.2) is 53.1 Å². The molecule has 170 valence electrons. The van der Waals surface area contributed by atoms with Crippen LogP contribution >= 0.6 is 12.2 Å². The number of methoxy groups -OCH3 is 4. The van der Waals surface area contributed by atoms with Crippen LogP contribution in [0, 0.1) is 6.92 Å². The van der Waals surface area contributed by atoms with Crippen molar-refractivity contribution in [3.63, 3.8) is 0 Å². The molecular weight excluding hydrogens is 428 g/mol. The first kappa shape index (κ1) is 23.3. The minimum Gasteiger partial charge on any atom is -0.495 e. The van der Waals surface area contributed by atoms with Gasteiger partial charge >= 0.3 is 0 Å². The molecule has 0 saturated heterocycles. The van der Waals surface area contributed by atoms with Crippen molar-refractivity contribution in [2.75, 3.05) is 33.8 Å². The highest BCUT2D eigenvalue weighted by atomic mass is 32.1. The minimum atomic E-state index is 0.449. The molecule has 0 radical (unpaired) electrons. The highest BCUT2D eigenvalue weighted by molar-refractivity contribution is 7.80. The maximum absolute atomic E-state index is 5.79. The molecule has 0 spiro atoms. The van der Waals surface area contributed by atoms with Gasteiger partial charge in [-0.15, -0.1) is 0 Å². The molecule has 7 nitrogen and oxygen atoms in total. The molecule has 0 aliphatic rings. The zero-order valence-electron chi connectivity index (χ0n) is 18.9. The fraction of sp³-hybridized carbons (Fsp3) is 0.292. The van der Waals surface area contributed by atoms with E-state index in [0.29, 0.717) is 41.2 Å². The number of rotatable bonds is 9. The van der Waals surface area contributed by atoms with Gasteiger partial charge in [0.2, 0.25) is 5.75 Å². The Labute approximate surface area is 193 Å². The van der Waals surface area contributed by atoms with Gasteiger partial charge in [-0.25, -0.2) is 0 Å². The summed E-state index contributed by atoms with van der Waals surface area (Å²) in [7, 11) is 6.41. The summed E-state index contributed by atoms with van der Waals surface area (Å²) in [4.78, 5) is 1.99. The average molecular weight is 457 g/mol. The van der Waals surface area contributed by atoms with Crippen molar-refractivity contribution in [1.29, 1.82) is 0 Å². The van der Waals surface area contributed by atoms with Crippen LogP contribution in [-0.4, -0.2) is 38.5 Å². The largest absolute Gasteiger partial charge is 0.495 e. The second-order valence-electron chi connectivity index (χ2n) is 7.06. The van der Waals surface area contributed by atoms with Gasteiger partial charge in [0.1, 0.15) is 11.5 Å². The highest BCUT2D eigenvalue weighted by Crippen LogP contribution is 2.40. The van der Waals surface area contributed by atoms with Crippen LogP contribution in [-0.2, 0) is 13.1 Å². The summed E-state index contributed by atoms with van der Waals surface area (Å²) >= 11 is 5.79. The van der Waals surface area contributed by atoms with Crippen molar-refractivity contribution < 1.29 is 23.4 Å². The van der Waals surface area contributed by atoms with E-state index in [1.54, 1.807) is 34.7 Å². The molecule has 3 rings (SSSR count). The van der Waals surface area contributed by atoms with Crippen LogP contribution in [0.3, 0.4) is 0 Å². The summed E-state index contributed by atoms with van der Waals surface area (Å²) in [6.07, 6.45) is 1.64. The Morgan fingerprint density at radius 1 is 0.906 bits per heavy atom. The lowest BCUT2D eigenvalue weighted by Crippen LogP contribution is -2.34. The van der Waals surface area contributed by atoms with E-state index in [4.69, 9.17) is 35.6 Å². The van der Waals surface area contributed by atoms with Gasteiger partial charge in [0.15, 0.2) is 16.6 Å². The topological polar surface area (TPSA) is 65.3 Å². The fourth-order valence-corrected chi connectivity index (χ4v) is 3.64. The number of aryl methyl sites for hydroxylation is 1. The first-order valence-corrected chi connectivity index (χ1v) is 10.4. The molecule has 1 heterocycles. The molecule has 0 saturated carbocycles. The zero-order chi connectivity index (χ0) is 23.1. The smallest absolute Gasteiger partial charge is 0.203 e. The summed E-state index contributed by atoms with van der Waals surface area (Å²) in [6.45, 7) is 2.93. The molecule has 2 aromatic carbocycles. The molecule has 0 unspecified atom stereocenters. The molecule has 0 aliphatic carbocycles. The number of hydrogen-bond acceptors (Lipinski definition) is 6. The molecule has 0 bridgehead atoms. The van der Waals surface area contributed by atoms with Gasteiger partial charge in [0.25, 0.3) is 0 Å². The van der Waals surface area contributed by atoms with E-state index in [-0.39, 0.29) is 0 Å². The fourth-order valence-electron chi connectivity index (χ4n) is 3.40. The van der Waals surface area contributed by atoms with Crippen LogP contribution in [0.25, 0.3) is 0 Å². The summed E-state index contributed by atoms with van der Waals surface area (Å²) in [5.74, 6) is 3.21. The third-order valence-electron chi connectivity index (χ3n) is 4.96. The van der Waals surface area contributed by atoms with Gasteiger partial charge in [-0.05, 0) is 61.1 Å². The summed E-state index contributed by atoms with van der Waals surface area (Å²) in [5, 5.41) is 3.83. The number of benzene rings is 2. The lowest BCUT2D eigenvalue weighted by atomic mass is 10.1. The molecule has 0 amide bonds. The summed E-state index contributed by atoms with van der Waals surface area (Å²) in [5.41, 5.74) is 2.77. The van der Waals surface area contributed by atoms with Crippen molar-refractivity contribution in [2.45, 2.75) is 20.0 Å². The van der Waals surface area contributed by atoms with E-state index in [0.717, 1.165) is 22.6 Å². The second kappa shape index (κ2) is 10.8. The van der Waals surface area contributed by atoms with Crippen LogP contribution < -0.4 is 24.3 Å². The maximum atomic E-state index is 5.79. The normalized spacial score (nSPS) is 10.4. The Kier molecular flexibility index (Phi) is 7.83. The van der Waals surface area contributed by atoms with Gasteiger partial charge < -0.3 is 33.6 Å². The number of anilines is 1. The van der Waals surface area contributed by atoms with Gasteiger partial charge in [-0.2, -0.15) is 0 Å². The molecule has 0 atom stereocenters. The molecule has 0 fully saturated rings. The van der Waals surface area contributed by atoms with Crippen molar-refractivity contribution in [2.24, 2.45) is 0 Å². The maximum Gasteiger partial charge on any atom is 0.203 e. The zero-order valence-corrected chi connectivity index (χ0v) is 19.7. The van der Waals surface area contributed by atoms with E-state index >= 15 is 0 Å². The van der Waals surface area contributed by atoms with E-state index in [1.165, 1.54) is 0 Å². The van der Waals surface area contributed by atoms with Crippen LogP contribution in [0.2, 0.25) is 0 Å². The molecule has 1 aromatic heterocycles. The van der Waals surface area contributed by atoms with Crippen LogP contribution in [0.4, 0.5) is 5.69 Å². The predicted molar refractivity (Wildman–Crippen MR) is 128 cm³/mol. The Bertz CT molecular complexity index is 1050. The highest BCUT2D eigenvalue weighted by Gasteiger charge is 2.21. The van der Waals surface area contributed by atoms with Gasteiger partial charge in [0.05, 0.1) is 46.9 Å². The van der Waals surface area contributed by atoms with E-state index < -0.39 is 0 Å². The number of nitrogens with one attached hydrogen (secondary N) is 1. The quantitative estimate of drug-likeness (QED) is 0.450. The third-order valence-corrected chi connectivity index (χ3v) is 5.32. The van der Waals surface area contributed by atoms with Crippen LogP contribution in [0.5, 0.6) is 23.0 Å². The number of ether oxygens (including phenoxy) is 4. The van der Waals surface area contributed by atoms with Crippen molar-refractivity contribution in [3.05, 3.63) is 65.6 Å². The summed E-state index contributed by atoms with van der Waals surface area (Å²) in [6, 6.07) is 13.4. The lowest BCUT2D eigenvalue weighted by molar-refractivity contribution is 0.313. The van der Waals surface area contributed by atoms with Crippen molar-refractivity contribution in [3.8, 4) is 23.0 Å². The number of nitrogens with zero attached hydrogens (tertiary/aromatic N) is 1. The SMILES string of the molecule is COc1ccc(C)cc1NC(=S)N(Cc1ccco1)Cc1ccc(OC)c(OC)c1OC.